The molecule has 29 nitrogen and oxygen atoms in total. The minimum absolute atomic E-state index is 0.0169. The van der Waals surface area contributed by atoms with E-state index in [0.29, 0.717) is 28.9 Å². The molecular formula is C41H54N7O22P3S-4. The molecule has 2 amide bonds. The van der Waals surface area contributed by atoms with E-state index in [4.69, 9.17) is 19.9 Å². The molecule has 74 heavy (non-hydrogen) atoms. The molecule has 8 atom stereocenters. The van der Waals surface area contributed by atoms with Crippen molar-refractivity contribution in [2.75, 3.05) is 44.9 Å². The van der Waals surface area contributed by atoms with Crippen LogP contribution in [0, 0.1) is 18.3 Å². The van der Waals surface area contributed by atoms with E-state index in [1.807, 2.05) is 0 Å². The van der Waals surface area contributed by atoms with E-state index in [9.17, 15) is 72.6 Å². The largest absolute Gasteiger partial charge is 0.790 e. The number of aromatic hydroxyl groups is 1. The number of rotatable bonds is 27. The number of cyclic esters (lactones) is 1. The van der Waals surface area contributed by atoms with Crippen molar-refractivity contribution in [3.05, 3.63) is 46.6 Å². The number of phenolic OH excluding ortho intramolecular Hbond substituents is 1. The molecule has 410 valence electrons. The number of imidazole rings is 1. The van der Waals surface area contributed by atoms with Crippen LogP contribution in [-0.4, -0.2) is 127 Å². The van der Waals surface area contributed by atoms with Crippen molar-refractivity contribution < 1.29 is 105 Å². The van der Waals surface area contributed by atoms with Crippen LogP contribution in [0.3, 0.4) is 0 Å². The van der Waals surface area contributed by atoms with Gasteiger partial charge in [0.2, 0.25) is 11.8 Å². The number of nitrogens with one attached hydrogen (secondary N) is 2. The van der Waals surface area contributed by atoms with Gasteiger partial charge in [-0.05, 0) is 39.2 Å². The van der Waals surface area contributed by atoms with Crippen LogP contribution in [0.4, 0.5) is 5.82 Å². The fourth-order valence-corrected chi connectivity index (χ4v) is 11.0. The Labute approximate surface area is 426 Å². The Morgan fingerprint density at radius 1 is 1.05 bits per heavy atom. The van der Waals surface area contributed by atoms with E-state index in [0.717, 1.165) is 34.6 Å². The smallest absolute Gasteiger partial charge is 0.342 e. The van der Waals surface area contributed by atoms with Gasteiger partial charge in [-0.3, -0.25) is 32.9 Å². The molecule has 4 heterocycles. The monoisotopic (exact) mass is 1120 g/mol. The molecule has 0 bridgehead atoms. The third-order valence-electron chi connectivity index (χ3n) is 11.6. The minimum Gasteiger partial charge on any atom is -0.790 e. The predicted octanol–water partition coefficient (Wildman–Crippen LogP) is -0.996. The maximum absolute atomic E-state index is 12.9. The molecule has 3 aromatic rings. The zero-order chi connectivity index (χ0) is 55.1. The summed E-state index contributed by atoms with van der Waals surface area (Å²) in [5, 5.41) is 36.8. The number of fused-ring (bicyclic) bond motifs is 2. The highest BCUT2D eigenvalue weighted by atomic mass is 32.2. The summed E-state index contributed by atoms with van der Waals surface area (Å²) in [4.78, 5) is 123. The highest BCUT2D eigenvalue weighted by Gasteiger charge is 2.47. The summed E-state index contributed by atoms with van der Waals surface area (Å²) < 4.78 is 71.4. The molecule has 1 fully saturated rings. The van der Waals surface area contributed by atoms with E-state index in [1.165, 1.54) is 27.9 Å². The molecule has 2 aliphatic heterocycles. The van der Waals surface area contributed by atoms with Crippen molar-refractivity contribution in [1.29, 1.82) is 0 Å². The Balaban J connectivity index is 0.989. The number of methoxy groups -OCH3 is 1. The number of phenols is 1. The number of carbonyl (C=O) groups is 5. The topological polar surface area (TPSA) is 448 Å². The summed E-state index contributed by atoms with van der Waals surface area (Å²) in [6.07, 6.45) is -5.50. The van der Waals surface area contributed by atoms with Gasteiger partial charge >= 0.3 is 5.97 Å². The molecule has 5 rings (SSSR count). The number of allylic oxidation sites excluding steroid dienone is 2. The van der Waals surface area contributed by atoms with Crippen molar-refractivity contribution in [2.24, 2.45) is 11.3 Å². The SMILES string of the molecule is COc1c(C)c2c(c(O)c1C/C=C(\C)CCC(=O)C(C)C(=O)SCCNC(=O)CCNC(=O)[C@H](O)C(C)(C)COP(=O)([O-])OP(=O)([O-])OC[C@H]1O[C@@H](n3cnc4c(N)ncnc43)[C@H](O)[C@@H]1OP(=O)([O-])[O-])C(=O)OC2. The van der Waals surface area contributed by atoms with E-state index in [-0.39, 0.29) is 78.8 Å². The van der Waals surface area contributed by atoms with Gasteiger partial charge in [-0.1, -0.05) is 37.3 Å². The van der Waals surface area contributed by atoms with Crippen LogP contribution in [0.25, 0.3) is 11.2 Å². The molecule has 1 saturated heterocycles. The van der Waals surface area contributed by atoms with Gasteiger partial charge in [0, 0.05) is 48.2 Å². The number of thioether (sulfide) groups is 1. The Hall–Kier alpha value is -4.74. The zero-order valence-electron chi connectivity index (χ0n) is 40.5. The number of phosphoric ester groups is 3. The second-order valence-corrected chi connectivity index (χ2v) is 22.7. The van der Waals surface area contributed by atoms with E-state index in [2.05, 4.69) is 43.5 Å². The summed E-state index contributed by atoms with van der Waals surface area (Å²) in [7, 11) is -16.3. The number of ketones is 1. The average molecular weight is 1120 g/mol. The van der Waals surface area contributed by atoms with Crippen molar-refractivity contribution in [1.82, 2.24) is 30.2 Å². The Morgan fingerprint density at radius 2 is 1.74 bits per heavy atom. The van der Waals surface area contributed by atoms with Gasteiger partial charge in [-0.25, -0.2) is 24.1 Å². The lowest BCUT2D eigenvalue weighted by Crippen LogP contribution is -2.46. The van der Waals surface area contributed by atoms with Gasteiger partial charge in [0.25, 0.3) is 15.6 Å². The summed E-state index contributed by atoms with van der Waals surface area (Å²) >= 11 is 0.839. The first-order valence-electron chi connectivity index (χ1n) is 22.2. The summed E-state index contributed by atoms with van der Waals surface area (Å²) in [5.74, 6) is -3.28. The summed E-state index contributed by atoms with van der Waals surface area (Å²) in [6, 6.07) is 0. The number of anilines is 1. The summed E-state index contributed by atoms with van der Waals surface area (Å²) in [5.41, 5.74) is 6.54. The molecule has 2 aromatic heterocycles. The molecule has 0 saturated carbocycles. The second-order valence-electron chi connectivity index (χ2n) is 17.5. The first kappa shape index (κ1) is 60.1. The fourth-order valence-electron chi connectivity index (χ4n) is 7.46. The second kappa shape index (κ2) is 24.9. The predicted molar refractivity (Wildman–Crippen MR) is 248 cm³/mol. The number of phosphoric acid groups is 3. The number of benzene rings is 1. The molecule has 1 aromatic carbocycles. The highest BCUT2D eigenvalue weighted by molar-refractivity contribution is 8.13. The number of esters is 1. The number of amides is 2. The molecular weight excluding hydrogens is 1070 g/mol. The maximum Gasteiger partial charge on any atom is 0.342 e. The highest BCUT2D eigenvalue weighted by Crippen LogP contribution is 2.56. The molecule has 3 unspecified atom stereocenters. The van der Waals surface area contributed by atoms with E-state index >= 15 is 0 Å². The van der Waals surface area contributed by atoms with Crippen LogP contribution in [0.1, 0.15) is 80.2 Å². The molecule has 0 spiro atoms. The number of aliphatic hydroxyl groups excluding tert-OH is 2. The fraction of sp³-hybridized carbons (Fsp3) is 0.561. The number of nitrogens with two attached hydrogens (primary N) is 1. The number of hydrogen-bond acceptors (Lipinski definition) is 27. The van der Waals surface area contributed by atoms with Crippen LogP contribution in [0.15, 0.2) is 24.3 Å². The van der Waals surface area contributed by atoms with Gasteiger partial charge in [0.05, 0.1) is 40.4 Å². The van der Waals surface area contributed by atoms with Crippen molar-refractivity contribution in [2.45, 2.75) is 97.6 Å². The standard InChI is InChI=1S/C41H58N7O22P3S/c1-20(7-9-23-30(51)28-24(15-65-39(28)55)21(2)32(23)64-6)8-10-25(49)22(3)40(56)74-14-13-43-27(50)11-12-44-37(54)34(53)41(4,5)17-67-73(62,63)70-72(60,61)66-16-26-33(69-71(57,58)59)31(52)38(68-26)48-19-47-29-35(42)45-18-46-36(29)48/h7,18-19,22,26,31,33-34,38,51-53H,8-17H2,1-6H3,(H,43,50)(H,44,54)(H,60,61)(H,62,63)(H2,42,45,46)(H2,57,58,59)/p-4/b20-7+/t22?,26-,31-,33-,34+,38-/m1/s1. The number of ether oxygens (including phenoxy) is 3. The van der Waals surface area contributed by atoms with Crippen LogP contribution in [0.2, 0.25) is 0 Å². The van der Waals surface area contributed by atoms with Crippen LogP contribution in [-0.2, 0) is 73.3 Å². The van der Waals surface area contributed by atoms with Gasteiger partial charge in [0.1, 0.15) is 65.7 Å². The lowest BCUT2D eigenvalue weighted by atomic mass is 9.87. The molecule has 33 heteroatoms. The van der Waals surface area contributed by atoms with E-state index < -0.39 is 102 Å². The van der Waals surface area contributed by atoms with Crippen LogP contribution < -0.4 is 40.7 Å². The summed E-state index contributed by atoms with van der Waals surface area (Å²) in [6.45, 7) is 4.77. The average Bonchev–Trinajstić information content (AvgIpc) is 4.02. The van der Waals surface area contributed by atoms with Gasteiger partial charge in [-0.2, -0.15) is 0 Å². The lowest BCUT2D eigenvalue weighted by Gasteiger charge is -2.36. The quantitative estimate of drug-likeness (QED) is 0.0175. The van der Waals surface area contributed by atoms with E-state index in [1.54, 1.807) is 19.9 Å². The molecule has 0 radical (unpaired) electrons. The van der Waals surface area contributed by atoms with Gasteiger partial charge in [0.15, 0.2) is 22.8 Å². The van der Waals surface area contributed by atoms with Gasteiger partial charge < -0.3 is 83.6 Å². The number of Topliss-reactive ketones (excluding diaryl/α,β-unsaturated/α-hetero) is 1. The van der Waals surface area contributed by atoms with Gasteiger partial charge in [-0.15, -0.1) is 0 Å². The maximum atomic E-state index is 12.9. The molecule has 2 aliphatic rings. The number of hydrogen-bond donors (Lipinski definition) is 6. The Bertz CT molecular complexity index is 2790. The minimum atomic E-state index is -5.96. The van der Waals surface area contributed by atoms with Crippen molar-refractivity contribution >= 4 is 80.9 Å². The number of carbonyl (C=O) groups excluding carboxylic acids is 5. The van der Waals surface area contributed by atoms with Crippen molar-refractivity contribution in [3.63, 3.8) is 0 Å². The normalized spacial score (nSPS) is 20.5. The van der Waals surface area contributed by atoms with Crippen LogP contribution >= 0.6 is 35.2 Å². The van der Waals surface area contributed by atoms with Crippen LogP contribution in [0.5, 0.6) is 11.5 Å². The Morgan fingerprint density at radius 3 is 2.42 bits per heavy atom. The molecule has 7 N–H and O–H groups in total. The number of aromatic nitrogens is 4. The zero-order valence-corrected chi connectivity index (χ0v) is 44.0. The number of nitrogens with zero attached hydrogens (tertiary/aromatic N) is 4. The molecule has 0 aliphatic carbocycles. The third-order valence-corrected chi connectivity index (χ3v) is 15.7. The third kappa shape index (κ3) is 15.4. The Kier molecular flexibility index (Phi) is 20.3. The number of aliphatic hydroxyl groups is 2. The lowest BCUT2D eigenvalue weighted by molar-refractivity contribution is -0.347. The van der Waals surface area contributed by atoms with Crippen molar-refractivity contribution in [3.8, 4) is 11.5 Å². The number of nitrogen functional groups attached to an aromatic ring is 1. The first-order chi connectivity index (χ1) is 34.5. The first-order valence-corrected chi connectivity index (χ1v) is 27.6.